The molecule has 1 amide bonds. The van der Waals surface area contributed by atoms with Crippen LogP contribution in [-0.2, 0) is 0 Å². The number of anilines is 1. The van der Waals surface area contributed by atoms with Crippen LogP contribution in [0.4, 0.5) is 5.69 Å². The summed E-state index contributed by atoms with van der Waals surface area (Å²) in [5.74, 6) is -0.0328. The van der Waals surface area contributed by atoms with E-state index in [1.165, 1.54) is 0 Å². The molecule has 2 aromatic carbocycles. The lowest BCUT2D eigenvalue weighted by Crippen LogP contribution is -2.46. The number of hydrogen-bond acceptors (Lipinski definition) is 3. The largest absolute Gasteiger partial charge is 0.368 e. The fraction of sp³-hybridized carbons (Fsp3) is 0.348. The number of aromatic amines is 1. The van der Waals surface area contributed by atoms with Crippen molar-refractivity contribution in [2.45, 2.75) is 12.8 Å². The smallest absolute Gasteiger partial charge is 0.267 e. The van der Waals surface area contributed by atoms with Gasteiger partial charge < -0.3 is 15.2 Å². The first-order valence-corrected chi connectivity index (χ1v) is 10.7. The summed E-state index contributed by atoms with van der Waals surface area (Å²) in [5.41, 5.74) is 2.75. The van der Waals surface area contributed by atoms with Gasteiger partial charge in [-0.2, -0.15) is 0 Å². The van der Waals surface area contributed by atoms with Gasteiger partial charge in [0.25, 0.3) is 5.91 Å². The van der Waals surface area contributed by atoms with Crippen molar-refractivity contribution in [1.82, 2.24) is 15.2 Å². The number of fused-ring (bicyclic) bond motifs is 1. The first-order valence-electron chi connectivity index (χ1n) is 10.3. The van der Waals surface area contributed by atoms with E-state index in [4.69, 9.17) is 11.6 Å². The van der Waals surface area contributed by atoms with Crippen molar-refractivity contribution in [2.75, 3.05) is 44.2 Å². The van der Waals surface area contributed by atoms with E-state index in [0.29, 0.717) is 12.2 Å². The zero-order valence-corrected chi connectivity index (χ0v) is 17.3. The van der Waals surface area contributed by atoms with E-state index in [2.05, 4.69) is 26.2 Å². The molecule has 29 heavy (non-hydrogen) atoms. The summed E-state index contributed by atoms with van der Waals surface area (Å²) >= 11 is 6.31. The molecule has 6 heteroatoms. The molecule has 1 fully saturated rings. The Morgan fingerprint density at radius 3 is 2.55 bits per heavy atom. The van der Waals surface area contributed by atoms with Gasteiger partial charge in [-0.25, -0.2) is 0 Å². The van der Waals surface area contributed by atoms with Crippen LogP contribution in [0.3, 0.4) is 0 Å². The number of H-pyrrole nitrogens is 1. The number of benzene rings is 2. The Bertz CT molecular complexity index is 929. The molecule has 0 atom stereocenters. The van der Waals surface area contributed by atoms with Crippen molar-refractivity contribution < 1.29 is 4.79 Å². The van der Waals surface area contributed by atoms with Crippen molar-refractivity contribution in [3.63, 3.8) is 0 Å². The lowest BCUT2D eigenvalue weighted by molar-refractivity contribution is 0.0948. The highest BCUT2D eigenvalue weighted by Crippen LogP contribution is 2.26. The van der Waals surface area contributed by atoms with E-state index in [9.17, 15) is 4.79 Å². The SMILES string of the molecule is O=C(NCCCCN1CCN(c2ccccc2Cl)CC1)c1cc2ccccc2[nH]1. The van der Waals surface area contributed by atoms with Gasteiger partial charge in [-0.3, -0.25) is 9.69 Å². The lowest BCUT2D eigenvalue weighted by Gasteiger charge is -2.36. The lowest BCUT2D eigenvalue weighted by atomic mass is 10.2. The van der Waals surface area contributed by atoms with Crippen LogP contribution in [0.25, 0.3) is 10.9 Å². The van der Waals surface area contributed by atoms with Crippen molar-refractivity contribution in [3.8, 4) is 0 Å². The minimum absolute atomic E-state index is 0.0328. The Labute approximate surface area is 176 Å². The monoisotopic (exact) mass is 410 g/mol. The molecular weight excluding hydrogens is 384 g/mol. The molecule has 5 nitrogen and oxygen atoms in total. The highest BCUT2D eigenvalue weighted by atomic mass is 35.5. The quantitative estimate of drug-likeness (QED) is 0.575. The van der Waals surface area contributed by atoms with E-state index < -0.39 is 0 Å². The maximum atomic E-state index is 12.3. The zero-order chi connectivity index (χ0) is 20.1. The zero-order valence-electron chi connectivity index (χ0n) is 16.5. The van der Waals surface area contributed by atoms with Crippen LogP contribution in [0.15, 0.2) is 54.6 Å². The number of carbonyl (C=O) groups excluding carboxylic acids is 1. The maximum absolute atomic E-state index is 12.3. The number of para-hydroxylation sites is 2. The Morgan fingerprint density at radius 2 is 1.76 bits per heavy atom. The Balaban J connectivity index is 1.14. The second kappa shape index (κ2) is 9.33. The van der Waals surface area contributed by atoms with Gasteiger partial charge in [-0.05, 0) is 43.7 Å². The van der Waals surface area contributed by atoms with Crippen LogP contribution in [0.1, 0.15) is 23.3 Å². The predicted molar refractivity (Wildman–Crippen MR) is 120 cm³/mol. The van der Waals surface area contributed by atoms with E-state index >= 15 is 0 Å². The highest BCUT2D eigenvalue weighted by Gasteiger charge is 2.18. The second-order valence-electron chi connectivity index (χ2n) is 7.51. The van der Waals surface area contributed by atoms with Crippen LogP contribution in [0, 0.1) is 0 Å². The minimum Gasteiger partial charge on any atom is -0.368 e. The molecule has 3 aromatic rings. The summed E-state index contributed by atoms with van der Waals surface area (Å²) in [4.78, 5) is 20.3. The summed E-state index contributed by atoms with van der Waals surface area (Å²) in [5, 5.41) is 4.91. The fourth-order valence-electron chi connectivity index (χ4n) is 3.87. The van der Waals surface area contributed by atoms with Gasteiger partial charge in [0, 0.05) is 43.6 Å². The van der Waals surface area contributed by atoms with Gasteiger partial charge in [0.2, 0.25) is 0 Å². The summed E-state index contributed by atoms with van der Waals surface area (Å²) in [6, 6.07) is 17.9. The molecule has 1 saturated heterocycles. The number of carbonyl (C=O) groups is 1. The average Bonchev–Trinajstić information content (AvgIpc) is 3.19. The van der Waals surface area contributed by atoms with Crippen LogP contribution >= 0.6 is 11.6 Å². The third kappa shape index (κ3) is 4.92. The first kappa shape index (κ1) is 19.8. The van der Waals surface area contributed by atoms with Crippen LogP contribution < -0.4 is 10.2 Å². The first-order chi connectivity index (χ1) is 14.2. The minimum atomic E-state index is -0.0328. The number of amides is 1. The molecule has 1 aliphatic rings. The molecule has 4 rings (SSSR count). The Hall–Kier alpha value is -2.50. The second-order valence-corrected chi connectivity index (χ2v) is 7.92. The number of unbranched alkanes of at least 4 members (excludes halogenated alkanes) is 1. The van der Waals surface area contributed by atoms with Gasteiger partial charge in [-0.15, -0.1) is 0 Å². The van der Waals surface area contributed by atoms with Gasteiger partial charge >= 0.3 is 0 Å². The normalized spacial score (nSPS) is 15.0. The van der Waals surface area contributed by atoms with E-state index in [1.54, 1.807) is 0 Å². The molecule has 2 heterocycles. The number of nitrogens with zero attached hydrogens (tertiary/aromatic N) is 2. The standard InChI is InChI=1S/C23H27ClN4O/c24-19-8-2-4-10-22(19)28-15-13-27(14-16-28)12-6-5-11-25-23(29)21-17-18-7-1-3-9-20(18)26-21/h1-4,7-10,17,26H,5-6,11-16H2,(H,25,29). The van der Waals surface area contributed by atoms with Gasteiger partial charge in [0.05, 0.1) is 10.7 Å². The van der Waals surface area contributed by atoms with Crippen molar-refractivity contribution in [2.24, 2.45) is 0 Å². The third-order valence-corrected chi connectivity index (χ3v) is 5.85. The third-order valence-electron chi connectivity index (χ3n) is 5.53. The van der Waals surface area contributed by atoms with E-state index in [-0.39, 0.29) is 5.91 Å². The molecule has 152 valence electrons. The van der Waals surface area contributed by atoms with Crippen LogP contribution in [0.2, 0.25) is 5.02 Å². The number of rotatable bonds is 7. The predicted octanol–water partition coefficient (Wildman–Crippen LogP) is 4.15. The molecule has 0 spiro atoms. The maximum Gasteiger partial charge on any atom is 0.267 e. The Kier molecular flexibility index (Phi) is 6.37. The number of halogens is 1. The summed E-state index contributed by atoms with van der Waals surface area (Å²) in [6.07, 6.45) is 2.07. The topological polar surface area (TPSA) is 51.4 Å². The molecule has 1 aliphatic heterocycles. The number of hydrogen-bond donors (Lipinski definition) is 2. The summed E-state index contributed by atoms with van der Waals surface area (Å²) in [6.45, 7) is 5.87. The summed E-state index contributed by atoms with van der Waals surface area (Å²) < 4.78 is 0. The number of nitrogens with one attached hydrogen (secondary N) is 2. The molecule has 0 saturated carbocycles. The highest BCUT2D eigenvalue weighted by molar-refractivity contribution is 6.33. The van der Waals surface area contributed by atoms with Gasteiger partial charge in [-0.1, -0.05) is 41.9 Å². The van der Waals surface area contributed by atoms with Crippen molar-refractivity contribution >= 4 is 34.1 Å². The fourth-order valence-corrected chi connectivity index (χ4v) is 4.13. The van der Waals surface area contributed by atoms with E-state index in [0.717, 1.165) is 67.2 Å². The molecule has 0 aliphatic carbocycles. The summed E-state index contributed by atoms with van der Waals surface area (Å²) in [7, 11) is 0. The van der Waals surface area contributed by atoms with Crippen LogP contribution in [-0.4, -0.2) is 55.1 Å². The molecule has 1 aromatic heterocycles. The molecule has 0 unspecified atom stereocenters. The average molecular weight is 411 g/mol. The van der Waals surface area contributed by atoms with E-state index in [1.807, 2.05) is 48.5 Å². The Morgan fingerprint density at radius 1 is 1.00 bits per heavy atom. The number of aromatic nitrogens is 1. The van der Waals surface area contributed by atoms with Crippen molar-refractivity contribution in [1.29, 1.82) is 0 Å². The molecule has 0 radical (unpaired) electrons. The number of piperazine rings is 1. The van der Waals surface area contributed by atoms with Crippen molar-refractivity contribution in [3.05, 3.63) is 65.3 Å². The molecule has 0 bridgehead atoms. The molecular formula is C23H27ClN4O. The van der Waals surface area contributed by atoms with Gasteiger partial charge in [0.1, 0.15) is 5.69 Å². The molecule has 2 N–H and O–H groups in total. The van der Waals surface area contributed by atoms with Gasteiger partial charge in [0.15, 0.2) is 0 Å². The van der Waals surface area contributed by atoms with Crippen LogP contribution in [0.5, 0.6) is 0 Å².